The highest BCUT2D eigenvalue weighted by atomic mass is 35.5. The highest BCUT2D eigenvalue weighted by molar-refractivity contribution is 7.22. The molecule has 0 saturated carbocycles. The van der Waals surface area contributed by atoms with Crippen LogP contribution in [0.1, 0.15) is 23.2 Å². The van der Waals surface area contributed by atoms with E-state index in [1.165, 1.54) is 11.3 Å². The Balaban J connectivity index is 1.69. The Morgan fingerprint density at radius 3 is 3.26 bits per heavy atom. The Labute approximate surface area is 119 Å². The van der Waals surface area contributed by atoms with Gasteiger partial charge in [0.1, 0.15) is 0 Å². The van der Waals surface area contributed by atoms with Crippen LogP contribution in [0.4, 0.5) is 0 Å². The Kier molecular flexibility index (Phi) is 3.68. The Bertz CT molecular complexity index is 608. The van der Waals surface area contributed by atoms with Gasteiger partial charge in [0.05, 0.1) is 16.3 Å². The van der Waals surface area contributed by atoms with Crippen molar-refractivity contribution in [1.82, 2.24) is 10.3 Å². The molecule has 0 unspecified atom stereocenters. The van der Waals surface area contributed by atoms with Crippen LogP contribution < -0.4 is 5.32 Å². The van der Waals surface area contributed by atoms with Crippen molar-refractivity contribution in [3.05, 3.63) is 28.2 Å². The summed E-state index contributed by atoms with van der Waals surface area (Å²) in [7, 11) is 0. The minimum Gasteiger partial charge on any atom is -0.376 e. The zero-order chi connectivity index (χ0) is 13.2. The van der Waals surface area contributed by atoms with Crippen molar-refractivity contribution in [3.63, 3.8) is 0 Å². The minimum absolute atomic E-state index is 0.0958. The lowest BCUT2D eigenvalue weighted by Gasteiger charge is -2.10. The third-order valence-electron chi connectivity index (χ3n) is 3.14. The van der Waals surface area contributed by atoms with Crippen LogP contribution in [0.15, 0.2) is 18.2 Å². The number of hydrogen-bond donors (Lipinski definition) is 1. The molecule has 1 saturated heterocycles. The molecule has 2 heterocycles. The van der Waals surface area contributed by atoms with Crippen LogP contribution in [0.3, 0.4) is 0 Å². The number of ether oxygens (including phenoxy) is 1. The summed E-state index contributed by atoms with van der Waals surface area (Å²) in [4.78, 5) is 16.2. The van der Waals surface area contributed by atoms with Crippen LogP contribution in [0, 0.1) is 0 Å². The minimum atomic E-state index is -0.0958. The van der Waals surface area contributed by atoms with E-state index in [1.807, 2.05) is 6.07 Å². The lowest BCUT2D eigenvalue weighted by molar-refractivity contribution is 0.0858. The van der Waals surface area contributed by atoms with E-state index in [0.29, 0.717) is 16.6 Å². The molecule has 0 bridgehead atoms. The summed E-state index contributed by atoms with van der Waals surface area (Å²) in [6, 6.07) is 5.43. The first-order valence-electron chi connectivity index (χ1n) is 6.18. The zero-order valence-electron chi connectivity index (χ0n) is 10.2. The topological polar surface area (TPSA) is 51.2 Å². The van der Waals surface area contributed by atoms with Gasteiger partial charge in [-0.1, -0.05) is 11.6 Å². The van der Waals surface area contributed by atoms with Gasteiger partial charge in [-0.15, -0.1) is 11.3 Å². The fourth-order valence-electron chi connectivity index (χ4n) is 2.15. The molecule has 3 rings (SSSR count). The number of amides is 1. The first-order chi connectivity index (χ1) is 9.22. The number of carbonyl (C=O) groups is 1. The van der Waals surface area contributed by atoms with Gasteiger partial charge in [0.15, 0.2) is 4.47 Å². The zero-order valence-corrected chi connectivity index (χ0v) is 11.8. The van der Waals surface area contributed by atoms with Gasteiger partial charge in [0.25, 0.3) is 5.91 Å². The SMILES string of the molecule is O=C(NC[C@@H]1CCCO1)c1ccc2sc(Cl)nc2c1. The monoisotopic (exact) mass is 296 g/mol. The van der Waals surface area contributed by atoms with Crippen molar-refractivity contribution in [2.75, 3.05) is 13.2 Å². The number of hydrogen-bond acceptors (Lipinski definition) is 4. The third-order valence-corrected chi connectivity index (χ3v) is 4.28. The van der Waals surface area contributed by atoms with Gasteiger partial charge >= 0.3 is 0 Å². The van der Waals surface area contributed by atoms with Gasteiger partial charge in [-0.2, -0.15) is 0 Å². The Morgan fingerprint density at radius 1 is 1.58 bits per heavy atom. The molecular formula is C13H13ClN2O2S. The summed E-state index contributed by atoms with van der Waals surface area (Å²) in [5, 5.41) is 2.89. The van der Waals surface area contributed by atoms with Crippen molar-refractivity contribution >= 4 is 39.1 Å². The smallest absolute Gasteiger partial charge is 0.251 e. The van der Waals surface area contributed by atoms with Gasteiger partial charge in [-0.25, -0.2) is 4.98 Å². The van der Waals surface area contributed by atoms with Crippen LogP contribution >= 0.6 is 22.9 Å². The van der Waals surface area contributed by atoms with Crippen LogP contribution in [0.2, 0.25) is 4.47 Å². The molecule has 100 valence electrons. The Hall–Kier alpha value is -1.17. The highest BCUT2D eigenvalue weighted by Crippen LogP contribution is 2.26. The van der Waals surface area contributed by atoms with Gasteiger partial charge in [0, 0.05) is 18.7 Å². The fourth-order valence-corrected chi connectivity index (χ4v) is 3.17. The molecule has 0 spiro atoms. The molecule has 1 aliphatic rings. The van der Waals surface area contributed by atoms with Gasteiger partial charge in [-0.3, -0.25) is 4.79 Å². The van der Waals surface area contributed by atoms with Crippen molar-refractivity contribution in [1.29, 1.82) is 0 Å². The van der Waals surface area contributed by atoms with E-state index in [0.717, 1.165) is 29.7 Å². The van der Waals surface area contributed by atoms with E-state index < -0.39 is 0 Å². The molecule has 6 heteroatoms. The summed E-state index contributed by atoms with van der Waals surface area (Å²) in [6.07, 6.45) is 2.24. The van der Waals surface area contributed by atoms with Crippen molar-refractivity contribution in [2.24, 2.45) is 0 Å². The fraction of sp³-hybridized carbons (Fsp3) is 0.385. The van der Waals surface area contributed by atoms with Gasteiger partial charge in [-0.05, 0) is 31.0 Å². The average Bonchev–Trinajstić information content (AvgIpc) is 3.02. The van der Waals surface area contributed by atoms with Crippen LogP contribution in [-0.4, -0.2) is 30.1 Å². The molecule has 1 atom stereocenters. The maximum atomic E-state index is 12.0. The number of nitrogens with one attached hydrogen (secondary N) is 1. The summed E-state index contributed by atoms with van der Waals surface area (Å²) in [6.45, 7) is 1.36. The summed E-state index contributed by atoms with van der Waals surface area (Å²) in [5.41, 5.74) is 1.37. The number of aromatic nitrogens is 1. The summed E-state index contributed by atoms with van der Waals surface area (Å²) in [5.74, 6) is -0.0958. The van der Waals surface area contributed by atoms with E-state index in [-0.39, 0.29) is 12.0 Å². The normalized spacial score (nSPS) is 18.9. The first kappa shape index (κ1) is 12.8. The predicted octanol–water partition coefficient (Wildman–Crippen LogP) is 2.86. The van der Waals surface area contributed by atoms with E-state index in [2.05, 4.69) is 10.3 Å². The largest absolute Gasteiger partial charge is 0.376 e. The third kappa shape index (κ3) is 2.88. The van der Waals surface area contributed by atoms with Gasteiger partial charge in [0.2, 0.25) is 0 Å². The Morgan fingerprint density at radius 2 is 2.47 bits per heavy atom. The average molecular weight is 297 g/mol. The molecule has 1 fully saturated rings. The second kappa shape index (κ2) is 5.45. The van der Waals surface area contributed by atoms with Crippen molar-refractivity contribution < 1.29 is 9.53 Å². The lowest BCUT2D eigenvalue weighted by atomic mass is 10.2. The number of benzene rings is 1. The second-order valence-electron chi connectivity index (χ2n) is 4.49. The molecule has 2 aromatic rings. The molecule has 0 aliphatic carbocycles. The number of halogens is 1. The molecule has 1 aliphatic heterocycles. The maximum absolute atomic E-state index is 12.0. The van der Waals surface area contributed by atoms with E-state index in [9.17, 15) is 4.79 Å². The molecule has 4 nitrogen and oxygen atoms in total. The first-order valence-corrected chi connectivity index (χ1v) is 7.38. The van der Waals surface area contributed by atoms with Crippen LogP contribution in [0.25, 0.3) is 10.2 Å². The summed E-state index contributed by atoms with van der Waals surface area (Å²) >= 11 is 7.26. The van der Waals surface area contributed by atoms with Crippen LogP contribution in [0.5, 0.6) is 0 Å². The number of fused-ring (bicyclic) bond motifs is 1. The van der Waals surface area contributed by atoms with Crippen molar-refractivity contribution in [2.45, 2.75) is 18.9 Å². The molecule has 19 heavy (non-hydrogen) atoms. The second-order valence-corrected chi connectivity index (χ2v) is 6.11. The molecule has 1 aromatic carbocycles. The molecule has 1 N–H and O–H groups in total. The molecule has 1 aromatic heterocycles. The van der Waals surface area contributed by atoms with Crippen LogP contribution in [-0.2, 0) is 4.74 Å². The van der Waals surface area contributed by atoms with Gasteiger partial charge < -0.3 is 10.1 Å². The quantitative estimate of drug-likeness (QED) is 0.947. The number of thiazole rings is 1. The van der Waals surface area contributed by atoms with E-state index in [4.69, 9.17) is 16.3 Å². The van der Waals surface area contributed by atoms with E-state index in [1.54, 1.807) is 12.1 Å². The molecule has 0 radical (unpaired) electrons. The maximum Gasteiger partial charge on any atom is 0.251 e. The molecule has 1 amide bonds. The highest BCUT2D eigenvalue weighted by Gasteiger charge is 2.17. The lowest BCUT2D eigenvalue weighted by Crippen LogP contribution is -2.31. The summed E-state index contributed by atoms with van der Waals surface area (Å²) < 4.78 is 6.95. The standard InChI is InChI=1S/C13H13ClN2O2S/c14-13-16-10-6-8(3-4-11(10)19-13)12(17)15-7-9-2-1-5-18-9/h3-4,6,9H,1-2,5,7H2,(H,15,17)/t9-/m0/s1. The number of carbonyl (C=O) groups excluding carboxylic acids is 1. The number of nitrogens with zero attached hydrogens (tertiary/aromatic N) is 1. The molecular weight excluding hydrogens is 284 g/mol. The van der Waals surface area contributed by atoms with E-state index >= 15 is 0 Å². The predicted molar refractivity (Wildman–Crippen MR) is 75.9 cm³/mol. The number of rotatable bonds is 3. The van der Waals surface area contributed by atoms with Crippen molar-refractivity contribution in [3.8, 4) is 0 Å².